The van der Waals surface area contributed by atoms with Gasteiger partial charge in [-0.1, -0.05) is 18.7 Å². The van der Waals surface area contributed by atoms with Gasteiger partial charge in [-0.25, -0.2) is 4.79 Å². The number of hydrogen-bond acceptors (Lipinski definition) is 6. The van der Waals surface area contributed by atoms with Crippen molar-refractivity contribution in [1.82, 2.24) is 0 Å². The summed E-state index contributed by atoms with van der Waals surface area (Å²) >= 11 is 5.86. The van der Waals surface area contributed by atoms with Crippen molar-refractivity contribution in [2.24, 2.45) is 0 Å². The lowest BCUT2D eigenvalue weighted by Crippen LogP contribution is -2.25. The van der Waals surface area contributed by atoms with Crippen LogP contribution in [0.25, 0.3) is 6.08 Å². The first-order valence-corrected chi connectivity index (χ1v) is 10.6. The smallest absolute Gasteiger partial charge is 0.342 e. The van der Waals surface area contributed by atoms with E-state index in [2.05, 4.69) is 6.58 Å². The number of halogens is 3. The highest BCUT2D eigenvalue weighted by Crippen LogP contribution is 2.33. The molecule has 0 aliphatic carbocycles. The van der Waals surface area contributed by atoms with Crippen molar-refractivity contribution >= 4 is 85.8 Å². The summed E-state index contributed by atoms with van der Waals surface area (Å²) in [4.78, 5) is 23.3. The van der Waals surface area contributed by atoms with E-state index in [1.165, 1.54) is 12.1 Å². The molecule has 0 aliphatic rings. The van der Waals surface area contributed by atoms with Gasteiger partial charge in [0, 0.05) is 9.13 Å². The van der Waals surface area contributed by atoms with Crippen LogP contribution in [0.2, 0.25) is 0 Å². The summed E-state index contributed by atoms with van der Waals surface area (Å²) < 4.78 is 12.4. The highest BCUT2D eigenvalue weighted by molar-refractivity contribution is 14.1. The lowest BCUT2D eigenvalue weighted by Gasteiger charge is -2.16. The highest BCUT2D eigenvalue weighted by Gasteiger charge is 2.17. The molecule has 9 heteroatoms. The Hall–Kier alpha value is -1.09. The van der Waals surface area contributed by atoms with E-state index >= 15 is 0 Å². The second kappa shape index (κ2) is 9.91. The average molecular weight is 705 g/mol. The zero-order chi connectivity index (χ0) is 20.1. The normalized spacial score (nSPS) is 10.3. The van der Waals surface area contributed by atoms with Crippen LogP contribution in [-0.4, -0.2) is 30.3 Å². The van der Waals surface area contributed by atoms with Crippen LogP contribution in [0.3, 0.4) is 0 Å². The number of aromatic hydroxyl groups is 1. The predicted molar refractivity (Wildman–Crippen MR) is 123 cm³/mol. The lowest BCUT2D eigenvalue weighted by atomic mass is 10.1. The minimum Gasteiger partial charge on any atom is -0.545 e. The molecule has 1 N–H and O–H groups in total. The van der Waals surface area contributed by atoms with Crippen molar-refractivity contribution in [1.29, 1.82) is 0 Å². The maximum absolute atomic E-state index is 12.0. The van der Waals surface area contributed by atoms with E-state index in [1.54, 1.807) is 18.2 Å². The fraction of sp³-hybridized carbons (Fsp3) is 0.111. The number of carboxylic acid groups (broad SMARTS) is 1. The van der Waals surface area contributed by atoms with Gasteiger partial charge >= 0.3 is 5.97 Å². The van der Waals surface area contributed by atoms with Crippen molar-refractivity contribution in [3.63, 3.8) is 0 Å². The van der Waals surface area contributed by atoms with Crippen molar-refractivity contribution in [3.8, 4) is 11.5 Å². The van der Waals surface area contributed by atoms with Crippen LogP contribution in [-0.2, 0) is 4.74 Å². The lowest BCUT2D eigenvalue weighted by molar-refractivity contribution is -0.255. The largest absolute Gasteiger partial charge is 0.545 e. The summed E-state index contributed by atoms with van der Waals surface area (Å²) in [6.07, 6.45) is 1.55. The Kier molecular flexibility index (Phi) is 8.15. The molecule has 0 unspecified atom stereocenters. The fourth-order valence-corrected chi connectivity index (χ4v) is 6.22. The predicted octanol–water partition coefficient (Wildman–Crippen LogP) is 3.45. The van der Waals surface area contributed by atoms with E-state index in [4.69, 9.17) is 9.47 Å². The topological polar surface area (TPSA) is 95.9 Å². The van der Waals surface area contributed by atoms with Crippen LogP contribution in [0.15, 0.2) is 30.8 Å². The van der Waals surface area contributed by atoms with Crippen LogP contribution in [0.4, 0.5) is 0 Å². The molecule has 0 saturated carbocycles. The van der Waals surface area contributed by atoms with Crippen LogP contribution in [0.5, 0.6) is 11.5 Å². The van der Waals surface area contributed by atoms with Crippen molar-refractivity contribution in [3.05, 3.63) is 58.2 Å². The van der Waals surface area contributed by atoms with Crippen LogP contribution >= 0.6 is 67.8 Å². The third-order valence-corrected chi connectivity index (χ3v) is 6.05. The number of aromatic carboxylic acids is 1. The number of phenolic OH excluding ortho intramolecular Hbond substituents is 1. The number of hydrogen-bond donors (Lipinski definition) is 1. The molecule has 0 atom stereocenters. The first-order valence-electron chi connectivity index (χ1n) is 7.40. The molecule has 0 amide bonds. The third kappa shape index (κ3) is 5.47. The molecule has 0 saturated heterocycles. The molecular formula is C18H12I3O6-. The summed E-state index contributed by atoms with van der Waals surface area (Å²) in [6, 6.07) is 6.18. The molecular weight excluding hydrogens is 693 g/mol. The monoisotopic (exact) mass is 705 g/mol. The van der Waals surface area contributed by atoms with Crippen molar-refractivity contribution in [2.45, 2.75) is 0 Å². The van der Waals surface area contributed by atoms with E-state index in [1.807, 2.05) is 67.8 Å². The fourth-order valence-electron chi connectivity index (χ4n) is 2.10. The Morgan fingerprint density at radius 3 is 2.44 bits per heavy atom. The molecule has 0 radical (unpaired) electrons. The standard InChI is InChI=1S/C18H13I3O6/c1-2-9-3-4-10(13(22)7-9)18(25)27-6-5-26-16-12(20)8-11(19)14(15(16)21)17(23)24/h2-4,7-8,22H,1,5-6H2,(H,23,24)/p-1. The van der Waals surface area contributed by atoms with E-state index in [0.717, 1.165) is 3.57 Å². The van der Waals surface area contributed by atoms with Crippen LogP contribution < -0.4 is 9.84 Å². The molecule has 2 aromatic carbocycles. The zero-order valence-electron chi connectivity index (χ0n) is 13.6. The van der Waals surface area contributed by atoms with Gasteiger partial charge in [0.25, 0.3) is 0 Å². The number of benzene rings is 2. The van der Waals surface area contributed by atoms with Gasteiger partial charge in [-0.15, -0.1) is 0 Å². The van der Waals surface area contributed by atoms with Gasteiger partial charge in [0.05, 0.1) is 13.1 Å². The summed E-state index contributed by atoms with van der Waals surface area (Å²) in [5.41, 5.74) is 0.785. The number of ether oxygens (including phenoxy) is 2. The number of phenols is 1. The minimum atomic E-state index is -1.28. The summed E-state index contributed by atoms with van der Waals surface area (Å²) in [5, 5.41) is 21.1. The van der Waals surface area contributed by atoms with Gasteiger partial charge in [-0.2, -0.15) is 0 Å². The molecule has 6 nitrogen and oxygen atoms in total. The van der Waals surface area contributed by atoms with E-state index < -0.39 is 11.9 Å². The van der Waals surface area contributed by atoms with E-state index in [9.17, 15) is 19.8 Å². The molecule has 0 spiro atoms. The molecule has 142 valence electrons. The van der Waals surface area contributed by atoms with Crippen molar-refractivity contribution < 1.29 is 29.3 Å². The summed E-state index contributed by atoms with van der Waals surface area (Å²) in [6.45, 7) is 3.54. The molecule has 2 rings (SSSR count). The first-order chi connectivity index (χ1) is 12.8. The maximum Gasteiger partial charge on any atom is 0.342 e. The molecule has 0 aromatic heterocycles. The highest BCUT2D eigenvalue weighted by atomic mass is 127. The number of carbonyl (C=O) groups excluding carboxylic acids is 2. The third-order valence-electron chi connectivity index (χ3n) is 3.37. The minimum absolute atomic E-state index is 0.0241. The Bertz CT molecular complexity index is 910. The van der Waals surface area contributed by atoms with Gasteiger partial charge in [0.15, 0.2) is 0 Å². The SMILES string of the molecule is C=Cc1ccc(C(=O)OCCOc2c(I)cc(I)c(C(=O)[O-])c2I)c(O)c1. The number of esters is 1. The zero-order valence-corrected chi connectivity index (χ0v) is 20.1. The number of carbonyl (C=O) groups is 2. The quantitative estimate of drug-likeness (QED) is 0.270. The molecule has 27 heavy (non-hydrogen) atoms. The summed E-state index contributed by atoms with van der Waals surface area (Å²) in [5.74, 6) is -1.77. The Morgan fingerprint density at radius 2 is 1.85 bits per heavy atom. The number of rotatable bonds is 7. The van der Waals surface area contributed by atoms with Crippen LogP contribution in [0.1, 0.15) is 26.3 Å². The Morgan fingerprint density at radius 1 is 1.15 bits per heavy atom. The second-order valence-corrected chi connectivity index (χ2v) is 8.51. The molecule has 0 fully saturated rings. The van der Waals surface area contributed by atoms with Gasteiger partial charge in [0.1, 0.15) is 30.3 Å². The number of carboxylic acids is 1. The van der Waals surface area contributed by atoms with E-state index in [0.29, 0.717) is 18.5 Å². The Balaban J connectivity index is 2.01. The second-order valence-electron chi connectivity index (χ2n) is 5.11. The first kappa shape index (κ1) is 22.2. The molecule has 0 heterocycles. The van der Waals surface area contributed by atoms with Crippen LogP contribution in [0, 0.1) is 10.7 Å². The van der Waals surface area contributed by atoms with E-state index in [-0.39, 0.29) is 30.1 Å². The Labute approximate surface area is 196 Å². The van der Waals surface area contributed by atoms with Gasteiger partial charge < -0.3 is 24.5 Å². The van der Waals surface area contributed by atoms with Gasteiger partial charge in [0.2, 0.25) is 0 Å². The average Bonchev–Trinajstić information content (AvgIpc) is 2.59. The summed E-state index contributed by atoms with van der Waals surface area (Å²) in [7, 11) is 0. The maximum atomic E-state index is 12.0. The molecule has 0 bridgehead atoms. The van der Waals surface area contributed by atoms with Gasteiger partial charge in [-0.05, 0) is 91.5 Å². The molecule has 0 aliphatic heterocycles. The molecule has 2 aromatic rings. The van der Waals surface area contributed by atoms with Crippen molar-refractivity contribution in [2.75, 3.05) is 13.2 Å². The van der Waals surface area contributed by atoms with Gasteiger partial charge in [-0.3, -0.25) is 0 Å².